The van der Waals surface area contributed by atoms with E-state index in [1.54, 1.807) is 23.5 Å². The molecule has 0 aliphatic heterocycles. The number of nitrogens with one attached hydrogen (secondary N) is 1. The Balaban J connectivity index is 1.85. The van der Waals surface area contributed by atoms with Gasteiger partial charge in [0.15, 0.2) is 0 Å². The molecule has 116 valence electrons. The number of aromatic nitrogens is 2. The number of hydrogen-bond acceptors (Lipinski definition) is 4. The van der Waals surface area contributed by atoms with E-state index in [0.717, 1.165) is 6.42 Å². The van der Waals surface area contributed by atoms with Crippen LogP contribution in [0.25, 0.3) is 0 Å². The molecule has 0 aliphatic carbocycles. The molecule has 1 aromatic carbocycles. The zero-order valence-corrected chi connectivity index (χ0v) is 13.3. The SMILES string of the molecule is Cc1ccccc1C[C@@H](C)NC(=O)CN(C)c1cnccn1. The number of aryl methyl sites for hydroxylation is 1. The predicted molar refractivity (Wildman–Crippen MR) is 87.8 cm³/mol. The minimum absolute atomic E-state index is 0.0192. The van der Waals surface area contributed by atoms with Crippen LogP contribution in [0, 0.1) is 6.92 Å². The van der Waals surface area contributed by atoms with Crippen LogP contribution in [-0.2, 0) is 11.2 Å². The van der Waals surface area contributed by atoms with Crippen molar-refractivity contribution in [1.29, 1.82) is 0 Å². The number of carbonyl (C=O) groups excluding carboxylic acids is 1. The van der Waals surface area contributed by atoms with Gasteiger partial charge in [-0.3, -0.25) is 9.78 Å². The van der Waals surface area contributed by atoms with E-state index in [2.05, 4.69) is 34.3 Å². The number of rotatable bonds is 6. The zero-order valence-electron chi connectivity index (χ0n) is 13.3. The minimum atomic E-state index is -0.0192. The molecule has 1 N–H and O–H groups in total. The molecule has 1 atom stereocenters. The Morgan fingerprint density at radius 1 is 1.32 bits per heavy atom. The maximum atomic E-state index is 12.1. The number of anilines is 1. The highest BCUT2D eigenvalue weighted by atomic mass is 16.2. The van der Waals surface area contributed by atoms with Gasteiger partial charge in [-0.2, -0.15) is 0 Å². The number of hydrogen-bond donors (Lipinski definition) is 1. The van der Waals surface area contributed by atoms with Crippen molar-refractivity contribution in [2.24, 2.45) is 0 Å². The molecule has 0 bridgehead atoms. The van der Waals surface area contributed by atoms with Crippen molar-refractivity contribution >= 4 is 11.7 Å². The second-order valence-electron chi connectivity index (χ2n) is 5.52. The molecular weight excluding hydrogens is 276 g/mol. The maximum absolute atomic E-state index is 12.1. The van der Waals surface area contributed by atoms with Crippen LogP contribution in [0.15, 0.2) is 42.9 Å². The molecule has 0 unspecified atom stereocenters. The van der Waals surface area contributed by atoms with Gasteiger partial charge in [0.05, 0.1) is 12.7 Å². The minimum Gasteiger partial charge on any atom is -0.352 e. The summed E-state index contributed by atoms with van der Waals surface area (Å²) >= 11 is 0. The molecule has 2 aromatic rings. The number of likely N-dealkylation sites (N-methyl/N-ethyl adjacent to an activating group) is 1. The topological polar surface area (TPSA) is 58.1 Å². The van der Waals surface area contributed by atoms with Crippen molar-refractivity contribution in [2.75, 3.05) is 18.5 Å². The van der Waals surface area contributed by atoms with Crippen LogP contribution in [0.2, 0.25) is 0 Å². The second-order valence-corrected chi connectivity index (χ2v) is 5.52. The quantitative estimate of drug-likeness (QED) is 0.886. The van der Waals surface area contributed by atoms with Crippen molar-refractivity contribution in [3.63, 3.8) is 0 Å². The first-order chi connectivity index (χ1) is 10.6. The van der Waals surface area contributed by atoms with Gasteiger partial charge in [-0.1, -0.05) is 24.3 Å². The standard InChI is InChI=1S/C17H22N4O/c1-13-6-4-5-7-15(13)10-14(2)20-17(22)12-21(3)16-11-18-8-9-19-16/h4-9,11,14H,10,12H2,1-3H3,(H,20,22)/t14-/m1/s1. The van der Waals surface area contributed by atoms with Gasteiger partial charge < -0.3 is 10.2 Å². The number of benzene rings is 1. The lowest BCUT2D eigenvalue weighted by Crippen LogP contribution is -2.41. The number of carbonyl (C=O) groups is 1. The summed E-state index contributed by atoms with van der Waals surface area (Å²) in [5, 5.41) is 3.03. The maximum Gasteiger partial charge on any atom is 0.239 e. The van der Waals surface area contributed by atoms with Crippen molar-refractivity contribution in [3.05, 3.63) is 54.0 Å². The molecule has 1 amide bonds. The van der Waals surface area contributed by atoms with E-state index >= 15 is 0 Å². The van der Waals surface area contributed by atoms with Crippen molar-refractivity contribution in [2.45, 2.75) is 26.3 Å². The monoisotopic (exact) mass is 298 g/mol. The summed E-state index contributed by atoms with van der Waals surface area (Å²) in [7, 11) is 1.83. The number of nitrogens with zero attached hydrogens (tertiary/aromatic N) is 3. The number of amides is 1. The van der Waals surface area contributed by atoms with Crippen LogP contribution in [0.5, 0.6) is 0 Å². The molecule has 1 aromatic heterocycles. The largest absolute Gasteiger partial charge is 0.352 e. The van der Waals surface area contributed by atoms with E-state index in [9.17, 15) is 4.79 Å². The summed E-state index contributed by atoms with van der Waals surface area (Å²) in [5.74, 6) is 0.665. The Morgan fingerprint density at radius 3 is 2.77 bits per heavy atom. The Labute approximate surface area is 131 Å². The van der Waals surface area contributed by atoms with Gasteiger partial charge in [-0.05, 0) is 31.4 Å². The highest BCUT2D eigenvalue weighted by molar-refractivity contribution is 5.81. The molecule has 0 radical (unpaired) electrons. The first-order valence-electron chi connectivity index (χ1n) is 7.37. The van der Waals surface area contributed by atoms with Crippen LogP contribution < -0.4 is 10.2 Å². The fourth-order valence-corrected chi connectivity index (χ4v) is 2.33. The molecule has 2 rings (SSSR count). The smallest absolute Gasteiger partial charge is 0.239 e. The van der Waals surface area contributed by atoms with Gasteiger partial charge >= 0.3 is 0 Å². The van der Waals surface area contributed by atoms with E-state index < -0.39 is 0 Å². The van der Waals surface area contributed by atoms with Gasteiger partial charge in [-0.25, -0.2) is 4.98 Å². The molecule has 22 heavy (non-hydrogen) atoms. The van der Waals surface area contributed by atoms with Crippen LogP contribution in [0.1, 0.15) is 18.1 Å². The molecule has 0 aliphatic rings. The molecule has 5 heteroatoms. The van der Waals surface area contributed by atoms with Gasteiger partial charge in [0.2, 0.25) is 5.91 Å². The van der Waals surface area contributed by atoms with E-state index in [1.807, 2.05) is 26.1 Å². The lowest BCUT2D eigenvalue weighted by Gasteiger charge is -2.20. The summed E-state index contributed by atoms with van der Waals surface area (Å²) in [4.78, 5) is 22.1. The van der Waals surface area contributed by atoms with Gasteiger partial charge in [-0.15, -0.1) is 0 Å². The first-order valence-corrected chi connectivity index (χ1v) is 7.37. The van der Waals surface area contributed by atoms with Gasteiger partial charge in [0, 0.05) is 25.5 Å². The van der Waals surface area contributed by atoms with Crippen LogP contribution in [0.3, 0.4) is 0 Å². The molecule has 0 saturated carbocycles. The Kier molecular flexibility index (Phi) is 5.47. The molecule has 5 nitrogen and oxygen atoms in total. The average molecular weight is 298 g/mol. The normalized spacial score (nSPS) is 11.8. The summed E-state index contributed by atoms with van der Waals surface area (Å²) in [6.45, 7) is 4.37. The summed E-state index contributed by atoms with van der Waals surface area (Å²) in [5.41, 5.74) is 2.51. The van der Waals surface area contributed by atoms with Crippen LogP contribution >= 0.6 is 0 Å². The van der Waals surface area contributed by atoms with E-state index in [1.165, 1.54) is 11.1 Å². The van der Waals surface area contributed by atoms with Crippen LogP contribution in [0.4, 0.5) is 5.82 Å². The summed E-state index contributed by atoms with van der Waals surface area (Å²) < 4.78 is 0. The second kappa shape index (κ2) is 7.54. The highest BCUT2D eigenvalue weighted by Gasteiger charge is 2.12. The molecular formula is C17H22N4O. The van der Waals surface area contributed by atoms with E-state index in [0.29, 0.717) is 5.82 Å². The lowest BCUT2D eigenvalue weighted by molar-refractivity contribution is -0.120. The fraction of sp³-hybridized carbons (Fsp3) is 0.353. The Hall–Kier alpha value is -2.43. The zero-order chi connectivity index (χ0) is 15.9. The molecule has 1 heterocycles. The van der Waals surface area contributed by atoms with Crippen molar-refractivity contribution in [1.82, 2.24) is 15.3 Å². The lowest BCUT2D eigenvalue weighted by atomic mass is 10.0. The third-order valence-corrected chi connectivity index (χ3v) is 3.52. The molecule has 0 saturated heterocycles. The summed E-state index contributed by atoms with van der Waals surface area (Å²) in [6, 6.07) is 8.33. The highest BCUT2D eigenvalue weighted by Crippen LogP contribution is 2.10. The van der Waals surface area contributed by atoms with Crippen molar-refractivity contribution in [3.8, 4) is 0 Å². The third kappa shape index (κ3) is 4.55. The predicted octanol–water partition coefficient (Wildman–Crippen LogP) is 1.97. The van der Waals surface area contributed by atoms with Gasteiger partial charge in [0.1, 0.15) is 5.82 Å². The van der Waals surface area contributed by atoms with Gasteiger partial charge in [0.25, 0.3) is 0 Å². The summed E-state index contributed by atoms with van der Waals surface area (Å²) in [6.07, 6.45) is 5.70. The Morgan fingerprint density at radius 2 is 2.09 bits per heavy atom. The first kappa shape index (κ1) is 15.9. The Bertz CT molecular complexity index is 615. The average Bonchev–Trinajstić information content (AvgIpc) is 2.50. The molecule has 0 fully saturated rings. The van der Waals surface area contributed by atoms with Crippen molar-refractivity contribution < 1.29 is 4.79 Å². The molecule has 0 spiro atoms. The fourth-order valence-electron chi connectivity index (χ4n) is 2.33. The third-order valence-electron chi connectivity index (χ3n) is 3.52. The van der Waals surface area contributed by atoms with E-state index in [-0.39, 0.29) is 18.5 Å². The van der Waals surface area contributed by atoms with Crippen LogP contribution in [-0.4, -0.2) is 35.5 Å². The van der Waals surface area contributed by atoms with E-state index in [4.69, 9.17) is 0 Å².